The second-order valence-corrected chi connectivity index (χ2v) is 7.69. The lowest BCUT2D eigenvalue weighted by Crippen LogP contribution is -2.10. The van der Waals surface area contributed by atoms with E-state index in [1.165, 1.54) is 12.0 Å². The highest BCUT2D eigenvalue weighted by Crippen LogP contribution is 2.30. The second-order valence-electron chi connectivity index (χ2n) is 6.88. The van der Waals surface area contributed by atoms with Crippen LogP contribution in [0.5, 0.6) is 11.5 Å². The van der Waals surface area contributed by atoms with E-state index < -0.39 is 0 Å². The number of hydrogen-bond donors (Lipinski definition) is 2. The van der Waals surface area contributed by atoms with Crippen molar-refractivity contribution < 1.29 is 18.7 Å². The maximum absolute atomic E-state index is 5.83. The number of H-pyrrole nitrogens is 2. The van der Waals surface area contributed by atoms with Crippen LogP contribution < -0.4 is 19.9 Å². The molecular weight excluding hydrogens is 400 g/mol. The molecule has 4 aromatic rings. The largest absolute Gasteiger partial charge is 0.497 e. The molecule has 0 unspecified atom stereocenters. The molecule has 154 valence electrons. The smallest absolute Gasteiger partial charge is 0.304 e. The van der Waals surface area contributed by atoms with Crippen molar-refractivity contribution in [3.63, 3.8) is 0 Å². The monoisotopic (exact) mass is 423 g/mol. The molecule has 0 bridgehead atoms. The highest BCUT2D eigenvalue weighted by molar-refractivity contribution is 7.94. The minimum Gasteiger partial charge on any atom is -0.497 e. The van der Waals surface area contributed by atoms with Gasteiger partial charge < -0.3 is 9.47 Å². The zero-order valence-corrected chi connectivity index (χ0v) is 17.7. The van der Waals surface area contributed by atoms with Crippen LogP contribution in [0.15, 0.2) is 65.7 Å². The highest BCUT2D eigenvalue weighted by atomic mass is 32.2. The van der Waals surface area contributed by atoms with Crippen LogP contribution in [0.2, 0.25) is 0 Å². The van der Waals surface area contributed by atoms with Crippen molar-refractivity contribution in [3.05, 3.63) is 60.8 Å². The first kappa shape index (κ1) is 20.1. The Morgan fingerprint density at radius 3 is 2.80 bits per heavy atom. The third kappa shape index (κ3) is 4.67. The zero-order valence-electron chi connectivity index (χ0n) is 16.9. The normalized spacial score (nSPS) is 11.1. The summed E-state index contributed by atoms with van der Waals surface area (Å²) in [6.07, 6.45) is 1.95. The molecule has 0 fully saturated rings. The molecule has 0 amide bonds. The summed E-state index contributed by atoms with van der Waals surface area (Å²) in [7, 11) is 1.64. The number of rotatable bonds is 8. The lowest BCUT2D eigenvalue weighted by molar-refractivity contribution is -0.363. The number of aromatic nitrogens is 3. The quantitative estimate of drug-likeness (QED) is 0.310. The molecule has 0 atom stereocenters. The molecule has 0 aliphatic rings. The average molecular weight is 424 g/mol. The number of anilines is 1. The molecule has 0 saturated carbocycles. The Hall–Kier alpha value is -3.23. The fourth-order valence-electron chi connectivity index (χ4n) is 3.00. The van der Waals surface area contributed by atoms with Crippen LogP contribution in [-0.4, -0.2) is 23.4 Å². The zero-order chi connectivity index (χ0) is 20.9. The van der Waals surface area contributed by atoms with Gasteiger partial charge in [0.05, 0.1) is 37.0 Å². The molecule has 0 saturated heterocycles. The molecule has 0 radical (unpaired) electrons. The summed E-state index contributed by atoms with van der Waals surface area (Å²) >= 11 is 1.21. The van der Waals surface area contributed by atoms with Gasteiger partial charge in [0.2, 0.25) is 0 Å². The van der Waals surface area contributed by atoms with Gasteiger partial charge in [0.1, 0.15) is 17.2 Å². The van der Waals surface area contributed by atoms with Gasteiger partial charge in [-0.3, -0.25) is 5.10 Å². The van der Waals surface area contributed by atoms with Crippen LogP contribution in [-0.2, 0) is 4.28 Å². The number of nitrogens with zero attached hydrogens (tertiary/aromatic N) is 1. The van der Waals surface area contributed by atoms with Crippen molar-refractivity contribution in [1.82, 2.24) is 10.2 Å². The first-order valence-electron chi connectivity index (χ1n) is 9.53. The molecule has 3 N–H and O–H groups in total. The minimum atomic E-state index is 0.110. The number of pyridine rings is 1. The van der Waals surface area contributed by atoms with Crippen molar-refractivity contribution in [3.8, 4) is 22.8 Å². The molecule has 30 heavy (non-hydrogen) atoms. The van der Waals surface area contributed by atoms with Crippen molar-refractivity contribution in [1.29, 1.82) is 0 Å². The number of aromatic amines is 2. The Bertz CT molecular complexity index is 1150. The van der Waals surface area contributed by atoms with E-state index in [2.05, 4.69) is 20.7 Å². The summed E-state index contributed by atoms with van der Waals surface area (Å²) in [6, 6.07) is 17.5. The Balaban J connectivity index is 1.50. The Labute approximate surface area is 178 Å². The number of fused-ring (bicyclic) bond motifs is 1. The third-order valence-corrected chi connectivity index (χ3v) is 4.92. The molecule has 2 aromatic heterocycles. The van der Waals surface area contributed by atoms with Crippen LogP contribution >= 0.6 is 12.0 Å². The van der Waals surface area contributed by atoms with E-state index in [9.17, 15) is 0 Å². The van der Waals surface area contributed by atoms with E-state index in [0.717, 1.165) is 38.6 Å². The third-order valence-electron chi connectivity index (χ3n) is 4.31. The van der Waals surface area contributed by atoms with Gasteiger partial charge in [-0.2, -0.15) is 5.10 Å². The number of benzene rings is 2. The second kappa shape index (κ2) is 9.06. The first-order chi connectivity index (χ1) is 14.6. The van der Waals surface area contributed by atoms with Gasteiger partial charge in [0.25, 0.3) is 0 Å². The van der Waals surface area contributed by atoms with Crippen LogP contribution in [0.1, 0.15) is 13.8 Å². The molecule has 0 aliphatic heterocycles. The Morgan fingerprint density at radius 2 is 1.97 bits per heavy atom. The van der Waals surface area contributed by atoms with E-state index in [1.807, 2.05) is 74.6 Å². The van der Waals surface area contributed by atoms with Crippen LogP contribution in [0.4, 0.5) is 5.82 Å². The average Bonchev–Trinajstić information content (AvgIpc) is 3.17. The van der Waals surface area contributed by atoms with Crippen LogP contribution in [0, 0.1) is 0 Å². The lowest BCUT2D eigenvalue weighted by atomic mass is 10.1. The number of nitrogens with one attached hydrogen (secondary N) is 3. The SMILES string of the molecule is COc1cccc(SONc2cc(-c3n[nH]c4ccc(OC(C)C)cc34)cc[nH+]2)c1. The summed E-state index contributed by atoms with van der Waals surface area (Å²) in [4.78, 5) is 4.05. The van der Waals surface area contributed by atoms with Gasteiger partial charge in [0, 0.05) is 21.9 Å². The molecule has 7 nitrogen and oxygen atoms in total. The fourth-order valence-corrected chi connectivity index (χ4v) is 3.52. The molecule has 2 aromatic carbocycles. The van der Waals surface area contributed by atoms with Gasteiger partial charge in [0.15, 0.2) is 0 Å². The minimum absolute atomic E-state index is 0.110. The van der Waals surface area contributed by atoms with E-state index in [1.54, 1.807) is 7.11 Å². The summed E-state index contributed by atoms with van der Waals surface area (Å²) < 4.78 is 16.6. The fraction of sp³-hybridized carbons (Fsp3) is 0.182. The lowest BCUT2D eigenvalue weighted by Gasteiger charge is -2.09. The van der Waals surface area contributed by atoms with Gasteiger partial charge in [-0.15, -0.1) is 9.76 Å². The van der Waals surface area contributed by atoms with E-state index in [0.29, 0.717) is 5.82 Å². The Morgan fingerprint density at radius 1 is 1.07 bits per heavy atom. The topological polar surface area (TPSA) is 82.5 Å². The molecule has 8 heteroatoms. The summed E-state index contributed by atoms with van der Waals surface area (Å²) in [5.41, 5.74) is 5.66. The molecule has 0 aliphatic carbocycles. The standard InChI is InChI=1S/C22H22N4O3S/c1-14(2)28-17-7-8-20-19(13-17)22(25-24-20)15-9-10-23-21(11-15)26-29-30-18-6-4-5-16(12-18)27-3/h4-14H,1-3H3,(H,23,26)(H,24,25)/p+1. The first-order valence-corrected chi connectivity index (χ1v) is 10.3. The van der Waals surface area contributed by atoms with Crippen molar-refractivity contribution >= 4 is 28.8 Å². The predicted octanol–water partition coefficient (Wildman–Crippen LogP) is 4.89. The molecular formula is C22H23N4O3S+. The van der Waals surface area contributed by atoms with Gasteiger partial charge in [-0.1, -0.05) is 6.07 Å². The molecule has 2 heterocycles. The maximum Gasteiger partial charge on any atom is 0.304 e. The maximum atomic E-state index is 5.83. The van der Waals surface area contributed by atoms with Gasteiger partial charge >= 0.3 is 5.82 Å². The number of methoxy groups -OCH3 is 1. The van der Waals surface area contributed by atoms with Crippen molar-refractivity contribution in [2.45, 2.75) is 24.8 Å². The van der Waals surface area contributed by atoms with Crippen molar-refractivity contribution in [2.24, 2.45) is 0 Å². The number of hydrogen-bond acceptors (Lipinski definition) is 6. The summed E-state index contributed by atoms with van der Waals surface area (Å²) in [6.45, 7) is 4.02. The van der Waals surface area contributed by atoms with Gasteiger partial charge in [-0.05, 0) is 56.3 Å². The Kier molecular flexibility index (Phi) is 6.06. The van der Waals surface area contributed by atoms with Crippen molar-refractivity contribution in [2.75, 3.05) is 12.6 Å². The van der Waals surface area contributed by atoms with Gasteiger partial charge in [-0.25, -0.2) is 4.98 Å². The molecule has 0 spiro atoms. The van der Waals surface area contributed by atoms with E-state index >= 15 is 0 Å². The van der Waals surface area contributed by atoms with E-state index in [4.69, 9.17) is 13.8 Å². The molecule has 4 rings (SSSR count). The summed E-state index contributed by atoms with van der Waals surface area (Å²) in [5.74, 6) is 2.30. The highest BCUT2D eigenvalue weighted by Gasteiger charge is 2.13. The van der Waals surface area contributed by atoms with E-state index in [-0.39, 0.29) is 6.10 Å². The predicted molar refractivity (Wildman–Crippen MR) is 117 cm³/mol. The summed E-state index contributed by atoms with van der Waals surface area (Å²) in [5, 5.41) is 8.57. The van der Waals surface area contributed by atoms with Crippen LogP contribution in [0.3, 0.4) is 0 Å². The number of ether oxygens (including phenoxy) is 2. The van der Waals surface area contributed by atoms with Crippen LogP contribution in [0.25, 0.3) is 22.2 Å².